The van der Waals surface area contributed by atoms with Gasteiger partial charge in [0.2, 0.25) is 0 Å². The van der Waals surface area contributed by atoms with Crippen LogP contribution in [0.2, 0.25) is 0 Å². The van der Waals surface area contributed by atoms with E-state index in [0.717, 1.165) is 11.4 Å². The highest BCUT2D eigenvalue weighted by molar-refractivity contribution is 6.10. The molecule has 0 saturated heterocycles. The predicted molar refractivity (Wildman–Crippen MR) is 187 cm³/mol. The quantitative estimate of drug-likeness (QED) is 0.213. The molecule has 1 heterocycles. The Morgan fingerprint density at radius 1 is 0.318 bits per heavy atom. The van der Waals surface area contributed by atoms with Crippen molar-refractivity contribution in [3.63, 3.8) is 0 Å². The third kappa shape index (κ3) is 4.83. The molecular weight excluding hydrogens is 532 g/mol. The van der Waals surface area contributed by atoms with Gasteiger partial charge in [-0.2, -0.15) is 0 Å². The van der Waals surface area contributed by atoms with Crippen molar-refractivity contribution < 1.29 is 0 Å². The Morgan fingerprint density at radius 3 is 1.64 bits per heavy atom. The lowest BCUT2D eigenvalue weighted by molar-refractivity contribution is 1.18. The minimum atomic E-state index is 1.07. The molecule has 2 heteroatoms. The largest absolute Gasteiger partial charge is 0.356 e. The lowest BCUT2D eigenvalue weighted by Crippen LogP contribution is -1.92. The molecule has 8 aromatic rings. The molecule has 0 atom stereocenters. The number of hydrogen-bond acceptors (Lipinski definition) is 1. The van der Waals surface area contributed by atoms with Gasteiger partial charge in [-0.25, -0.2) is 0 Å². The Bertz CT molecular complexity index is 2230. The molecule has 0 bridgehead atoms. The van der Waals surface area contributed by atoms with Gasteiger partial charge in [-0.15, -0.1) is 0 Å². The van der Waals surface area contributed by atoms with Crippen LogP contribution < -0.4 is 5.32 Å². The summed E-state index contributed by atoms with van der Waals surface area (Å²) in [5, 5.41) is 6.11. The van der Waals surface area contributed by atoms with Crippen LogP contribution in [0.15, 0.2) is 176 Å². The predicted octanol–water partition coefficient (Wildman–Crippen LogP) is 11.5. The molecule has 0 saturated carbocycles. The van der Waals surface area contributed by atoms with Crippen molar-refractivity contribution >= 4 is 33.2 Å². The molecule has 0 aliphatic rings. The number of hydrogen-bond donors (Lipinski definition) is 1. The lowest BCUT2D eigenvalue weighted by Gasteiger charge is -2.11. The van der Waals surface area contributed by atoms with Crippen molar-refractivity contribution in [3.05, 3.63) is 176 Å². The second-order valence-corrected chi connectivity index (χ2v) is 11.2. The van der Waals surface area contributed by atoms with E-state index in [1.54, 1.807) is 0 Å². The molecule has 0 spiro atoms. The summed E-state index contributed by atoms with van der Waals surface area (Å²) in [6.07, 6.45) is 0. The van der Waals surface area contributed by atoms with Crippen molar-refractivity contribution in [1.82, 2.24) is 4.57 Å². The molecule has 208 valence electrons. The van der Waals surface area contributed by atoms with Crippen LogP contribution in [-0.2, 0) is 0 Å². The fourth-order valence-electron chi connectivity index (χ4n) is 6.21. The summed E-state index contributed by atoms with van der Waals surface area (Å²) in [6.45, 7) is 0. The van der Waals surface area contributed by atoms with Crippen molar-refractivity contribution in [2.45, 2.75) is 0 Å². The minimum Gasteiger partial charge on any atom is -0.356 e. The van der Waals surface area contributed by atoms with E-state index >= 15 is 0 Å². The van der Waals surface area contributed by atoms with Crippen LogP contribution in [0.4, 0.5) is 11.4 Å². The fraction of sp³-hybridized carbons (Fsp3) is 0. The number of aromatic nitrogens is 1. The zero-order chi connectivity index (χ0) is 29.3. The first-order chi connectivity index (χ1) is 21.8. The van der Waals surface area contributed by atoms with Crippen LogP contribution in [-0.4, -0.2) is 4.57 Å². The highest BCUT2D eigenvalue weighted by Gasteiger charge is 2.13. The Kier molecular flexibility index (Phi) is 6.51. The van der Waals surface area contributed by atoms with Gasteiger partial charge in [-0.3, -0.25) is 0 Å². The SMILES string of the molecule is c1ccc(-c2ccc(Nc3cccc(-c4cccc(-c5ccc6c(c5)c5ccccc5n6-c5ccccc5)c4)c3)cc2)cc1. The average molecular weight is 563 g/mol. The fourth-order valence-corrected chi connectivity index (χ4v) is 6.21. The number of fused-ring (bicyclic) bond motifs is 3. The molecule has 0 aliphatic heterocycles. The van der Waals surface area contributed by atoms with Gasteiger partial charge in [-0.05, 0) is 94.0 Å². The first-order valence-corrected chi connectivity index (χ1v) is 15.0. The van der Waals surface area contributed by atoms with E-state index in [-0.39, 0.29) is 0 Å². The molecule has 8 rings (SSSR count). The van der Waals surface area contributed by atoms with Crippen molar-refractivity contribution in [1.29, 1.82) is 0 Å². The van der Waals surface area contributed by atoms with E-state index in [1.807, 2.05) is 6.07 Å². The summed E-state index contributed by atoms with van der Waals surface area (Å²) < 4.78 is 2.36. The lowest BCUT2D eigenvalue weighted by atomic mass is 9.97. The second kappa shape index (κ2) is 11.1. The molecule has 0 fully saturated rings. The van der Waals surface area contributed by atoms with E-state index in [0.29, 0.717) is 0 Å². The van der Waals surface area contributed by atoms with Crippen molar-refractivity contribution in [2.75, 3.05) is 5.32 Å². The Balaban J connectivity index is 1.11. The third-order valence-corrected chi connectivity index (χ3v) is 8.36. The topological polar surface area (TPSA) is 17.0 Å². The maximum atomic E-state index is 3.59. The number of nitrogens with one attached hydrogen (secondary N) is 1. The number of rotatable bonds is 6. The zero-order valence-electron chi connectivity index (χ0n) is 24.2. The van der Waals surface area contributed by atoms with Crippen LogP contribution in [0.25, 0.3) is 60.9 Å². The van der Waals surface area contributed by atoms with E-state index in [2.05, 4.69) is 180 Å². The number of para-hydroxylation sites is 2. The van der Waals surface area contributed by atoms with E-state index in [9.17, 15) is 0 Å². The molecule has 0 unspecified atom stereocenters. The first kappa shape index (κ1) is 25.8. The maximum Gasteiger partial charge on any atom is 0.0541 e. The van der Waals surface area contributed by atoms with Crippen LogP contribution in [0.1, 0.15) is 0 Å². The van der Waals surface area contributed by atoms with Crippen molar-refractivity contribution in [3.8, 4) is 39.1 Å². The average Bonchev–Trinajstić information content (AvgIpc) is 3.43. The van der Waals surface area contributed by atoms with Gasteiger partial charge in [0, 0.05) is 27.8 Å². The summed E-state index contributed by atoms with van der Waals surface area (Å²) in [4.78, 5) is 0. The molecule has 7 aromatic carbocycles. The number of anilines is 2. The third-order valence-electron chi connectivity index (χ3n) is 8.36. The van der Waals surface area contributed by atoms with Gasteiger partial charge in [0.1, 0.15) is 0 Å². The van der Waals surface area contributed by atoms with Gasteiger partial charge in [0.05, 0.1) is 11.0 Å². The summed E-state index contributed by atoms with van der Waals surface area (Å²) in [5.41, 5.74) is 13.0. The van der Waals surface area contributed by atoms with Gasteiger partial charge in [0.15, 0.2) is 0 Å². The summed E-state index contributed by atoms with van der Waals surface area (Å²) in [6, 6.07) is 62.7. The van der Waals surface area contributed by atoms with Gasteiger partial charge in [-0.1, -0.05) is 115 Å². The molecule has 1 aromatic heterocycles. The zero-order valence-corrected chi connectivity index (χ0v) is 24.2. The van der Waals surface area contributed by atoms with Crippen LogP contribution >= 0.6 is 0 Å². The number of benzene rings is 7. The number of nitrogens with zero attached hydrogens (tertiary/aromatic N) is 1. The molecular formula is C42H30N2. The Hall–Kier alpha value is -5.86. The van der Waals surface area contributed by atoms with Crippen molar-refractivity contribution in [2.24, 2.45) is 0 Å². The van der Waals surface area contributed by atoms with E-state index < -0.39 is 0 Å². The first-order valence-electron chi connectivity index (χ1n) is 15.0. The molecule has 1 N–H and O–H groups in total. The molecule has 44 heavy (non-hydrogen) atoms. The van der Waals surface area contributed by atoms with Crippen LogP contribution in [0, 0.1) is 0 Å². The summed E-state index contributed by atoms with van der Waals surface area (Å²) in [7, 11) is 0. The summed E-state index contributed by atoms with van der Waals surface area (Å²) in [5.74, 6) is 0. The minimum absolute atomic E-state index is 1.07. The maximum absolute atomic E-state index is 3.59. The van der Waals surface area contributed by atoms with Gasteiger partial charge in [0.25, 0.3) is 0 Å². The van der Waals surface area contributed by atoms with Crippen LogP contribution in [0.3, 0.4) is 0 Å². The molecule has 0 radical (unpaired) electrons. The summed E-state index contributed by atoms with van der Waals surface area (Å²) >= 11 is 0. The van der Waals surface area contributed by atoms with Gasteiger partial charge >= 0.3 is 0 Å². The highest BCUT2D eigenvalue weighted by atomic mass is 15.0. The molecule has 0 aliphatic carbocycles. The van der Waals surface area contributed by atoms with E-state index in [1.165, 1.54) is 60.9 Å². The smallest absolute Gasteiger partial charge is 0.0541 e. The molecule has 2 nitrogen and oxygen atoms in total. The second-order valence-electron chi connectivity index (χ2n) is 11.2. The van der Waals surface area contributed by atoms with Gasteiger partial charge < -0.3 is 9.88 Å². The van der Waals surface area contributed by atoms with Crippen LogP contribution in [0.5, 0.6) is 0 Å². The Morgan fingerprint density at radius 2 is 0.864 bits per heavy atom. The van der Waals surface area contributed by atoms with E-state index in [4.69, 9.17) is 0 Å². The Labute approximate surface area is 257 Å². The highest BCUT2D eigenvalue weighted by Crippen LogP contribution is 2.36. The standard InChI is InChI=1S/C42H30N2/c1-3-11-30(12-4-1)31-21-24-36(25-22-31)43-37-16-10-15-34(28-37)32-13-9-14-33(27-32)35-23-26-42-40(29-35)39-19-7-8-20-41(39)44(42)38-17-5-2-6-18-38/h1-29,43H. The monoisotopic (exact) mass is 562 g/mol. The molecule has 0 amide bonds. The normalized spacial score (nSPS) is 11.2.